The van der Waals surface area contributed by atoms with Crippen LogP contribution in [0.15, 0.2) is 35.3 Å². The van der Waals surface area contributed by atoms with E-state index in [1.165, 1.54) is 6.20 Å². The Morgan fingerprint density at radius 1 is 1.64 bits per heavy atom. The zero-order valence-electron chi connectivity index (χ0n) is 16.4. The number of aromatic nitrogens is 1. The number of hydrogen-bond donors (Lipinski definition) is 1. The highest BCUT2D eigenvalue weighted by atomic mass is 16.6. The molecular weight excluding hydrogens is 364 g/mol. The number of anilines is 1. The molecule has 28 heavy (non-hydrogen) atoms. The summed E-state index contributed by atoms with van der Waals surface area (Å²) >= 11 is 0. The Balaban J connectivity index is 1.83. The largest absolute Gasteiger partial charge is 0.385 e. The smallest absolute Gasteiger partial charge is 0.378 e. The van der Waals surface area contributed by atoms with Gasteiger partial charge in [-0.25, -0.2) is 4.98 Å². The Labute approximate surface area is 165 Å². The molecular formula is C18H28N6O4. The van der Waals surface area contributed by atoms with Crippen molar-refractivity contribution in [2.24, 2.45) is 4.99 Å². The van der Waals surface area contributed by atoms with Gasteiger partial charge in [-0.15, -0.1) is 0 Å². The fourth-order valence-corrected chi connectivity index (χ4v) is 2.79. The SMILES string of the molecule is C=N/C(=C\N1COCC(NCc2ccc(N(C)CCCOC)nc2)C1)[N+](=O)[O-]. The van der Waals surface area contributed by atoms with Crippen LogP contribution in [0.2, 0.25) is 0 Å². The third-order valence-corrected chi connectivity index (χ3v) is 4.32. The lowest BCUT2D eigenvalue weighted by Gasteiger charge is -2.31. The lowest BCUT2D eigenvalue weighted by atomic mass is 10.2. The molecule has 1 aliphatic heterocycles. The van der Waals surface area contributed by atoms with E-state index in [9.17, 15) is 10.1 Å². The lowest BCUT2D eigenvalue weighted by molar-refractivity contribution is -0.427. The summed E-state index contributed by atoms with van der Waals surface area (Å²) in [7, 11) is 3.71. The fourth-order valence-electron chi connectivity index (χ4n) is 2.79. The molecule has 1 aromatic heterocycles. The summed E-state index contributed by atoms with van der Waals surface area (Å²) in [6, 6.07) is 4.07. The molecule has 2 heterocycles. The van der Waals surface area contributed by atoms with Gasteiger partial charge in [0.25, 0.3) is 0 Å². The second kappa shape index (κ2) is 11.3. The van der Waals surface area contributed by atoms with E-state index >= 15 is 0 Å². The van der Waals surface area contributed by atoms with E-state index in [0.717, 1.165) is 31.0 Å². The monoisotopic (exact) mass is 392 g/mol. The Morgan fingerprint density at radius 3 is 3.11 bits per heavy atom. The van der Waals surface area contributed by atoms with Crippen LogP contribution in [0.1, 0.15) is 12.0 Å². The van der Waals surface area contributed by atoms with Gasteiger partial charge in [0.05, 0.1) is 6.61 Å². The number of nitrogens with one attached hydrogen (secondary N) is 1. The molecule has 154 valence electrons. The molecule has 1 aliphatic rings. The molecule has 0 aliphatic carbocycles. The van der Waals surface area contributed by atoms with Crippen molar-refractivity contribution in [3.05, 3.63) is 46.0 Å². The van der Waals surface area contributed by atoms with Crippen molar-refractivity contribution in [2.45, 2.75) is 19.0 Å². The first-order valence-corrected chi connectivity index (χ1v) is 9.06. The van der Waals surface area contributed by atoms with Crippen molar-refractivity contribution in [1.82, 2.24) is 15.2 Å². The molecule has 1 aromatic rings. The van der Waals surface area contributed by atoms with Crippen LogP contribution >= 0.6 is 0 Å². The number of pyridine rings is 1. The molecule has 1 N–H and O–H groups in total. The summed E-state index contributed by atoms with van der Waals surface area (Å²) in [5.74, 6) is 0.625. The van der Waals surface area contributed by atoms with Gasteiger partial charge in [0, 0.05) is 52.6 Å². The Bertz CT molecular complexity index is 667. The molecule has 10 nitrogen and oxygen atoms in total. The minimum absolute atomic E-state index is 0.0409. The highest BCUT2D eigenvalue weighted by Crippen LogP contribution is 2.11. The summed E-state index contributed by atoms with van der Waals surface area (Å²) < 4.78 is 10.6. The van der Waals surface area contributed by atoms with Crippen molar-refractivity contribution in [1.29, 1.82) is 0 Å². The molecule has 1 atom stereocenters. The number of nitrogens with zero attached hydrogens (tertiary/aromatic N) is 5. The standard InChI is InChI=1S/C18H28N6O4/c1-19-18(24(25)26)12-23-11-16(13-28-14-23)20-9-15-5-6-17(21-10-15)22(2)7-4-8-27-3/h5-6,10,12,16,20H,1,4,7-9,11,13-14H2,2-3H3/b18-12+. The minimum Gasteiger partial charge on any atom is -0.385 e. The van der Waals surface area contributed by atoms with E-state index in [2.05, 4.69) is 26.9 Å². The van der Waals surface area contributed by atoms with Crippen molar-refractivity contribution < 1.29 is 14.4 Å². The lowest BCUT2D eigenvalue weighted by Crippen LogP contribution is -2.47. The van der Waals surface area contributed by atoms with E-state index in [0.29, 0.717) is 19.7 Å². The Morgan fingerprint density at radius 2 is 2.46 bits per heavy atom. The van der Waals surface area contributed by atoms with E-state index in [1.807, 2.05) is 25.4 Å². The molecule has 0 bridgehead atoms. The van der Waals surface area contributed by atoms with Gasteiger partial charge in [0.1, 0.15) is 25.5 Å². The van der Waals surface area contributed by atoms with Crippen LogP contribution in [0.3, 0.4) is 0 Å². The van der Waals surface area contributed by atoms with Crippen LogP contribution in [0.25, 0.3) is 0 Å². The molecule has 1 unspecified atom stereocenters. The van der Waals surface area contributed by atoms with Gasteiger partial charge in [0.2, 0.25) is 0 Å². The molecule has 0 radical (unpaired) electrons. The molecule has 0 aromatic carbocycles. The van der Waals surface area contributed by atoms with Crippen LogP contribution in [-0.4, -0.2) is 74.8 Å². The predicted octanol–water partition coefficient (Wildman–Crippen LogP) is 1.08. The third-order valence-electron chi connectivity index (χ3n) is 4.32. The number of hydrogen-bond acceptors (Lipinski definition) is 9. The minimum atomic E-state index is -0.566. The van der Waals surface area contributed by atoms with Gasteiger partial charge in [-0.3, -0.25) is 0 Å². The summed E-state index contributed by atoms with van der Waals surface area (Å²) in [6.07, 6.45) is 4.16. The van der Waals surface area contributed by atoms with Crippen LogP contribution in [-0.2, 0) is 16.0 Å². The van der Waals surface area contributed by atoms with Gasteiger partial charge in [0.15, 0.2) is 0 Å². The number of rotatable bonds is 11. The van der Waals surface area contributed by atoms with Crippen LogP contribution < -0.4 is 10.2 Å². The summed E-state index contributed by atoms with van der Waals surface area (Å²) in [6.45, 7) is 6.88. The van der Waals surface area contributed by atoms with Gasteiger partial charge >= 0.3 is 5.82 Å². The van der Waals surface area contributed by atoms with Crippen LogP contribution in [0, 0.1) is 10.1 Å². The molecule has 0 saturated carbocycles. The quantitative estimate of drug-likeness (QED) is 0.258. The van der Waals surface area contributed by atoms with Crippen LogP contribution in [0.4, 0.5) is 5.82 Å². The third kappa shape index (κ3) is 6.87. The highest BCUT2D eigenvalue weighted by Gasteiger charge is 2.20. The van der Waals surface area contributed by atoms with E-state index in [-0.39, 0.29) is 18.6 Å². The van der Waals surface area contributed by atoms with E-state index in [4.69, 9.17) is 9.47 Å². The zero-order valence-corrected chi connectivity index (χ0v) is 16.4. The highest BCUT2D eigenvalue weighted by molar-refractivity contribution is 5.38. The van der Waals surface area contributed by atoms with Crippen molar-refractivity contribution >= 4 is 12.5 Å². The zero-order chi connectivity index (χ0) is 20.4. The average Bonchev–Trinajstić information content (AvgIpc) is 2.71. The number of ether oxygens (including phenoxy) is 2. The summed E-state index contributed by atoms with van der Waals surface area (Å²) in [5.41, 5.74) is 1.06. The van der Waals surface area contributed by atoms with E-state index in [1.54, 1.807) is 12.0 Å². The van der Waals surface area contributed by atoms with Crippen molar-refractivity contribution in [2.75, 3.05) is 52.1 Å². The normalized spacial score (nSPS) is 17.4. The topological polar surface area (TPSA) is 105 Å². The first kappa shape index (κ1) is 21.7. The average molecular weight is 392 g/mol. The molecule has 2 rings (SSSR count). The van der Waals surface area contributed by atoms with Gasteiger partial charge in [-0.1, -0.05) is 11.1 Å². The Hall–Kier alpha value is -2.56. The molecule has 0 spiro atoms. The van der Waals surface area contributed by atoms with Gasteiger partial charge in [-0.05, 0) is 23.0 Å². The van der Waals surface area contributed by atoms with Gasteiger partial charge < -0.3 is 34.7 Å². The molecule has 1 saturated heterocycles. The van der Waals surface area contributed by atoms with E-state index < -0.39 is 4.92 Å². The van der Waals surface area contributed by atoms with Crippen molar-refractivity contribution in [3.8, 4) is 0 Å². The second-order valence-electron chi connectivity index (χ2n) is 6.54. The maximum Gasteiger partial charge on any atom is 0.378 e. The Kier molecular flexibility index (Phi) is 8.79. The molecule has 0 amide bonds. The first-order chi connectivity index (χ1) is 13.5. The maximum absolute atomic E-state index is 10.8. The second-order valence-corrected chi connectivity index (χ2v) is 6.54. The summed E-state index contributed by atoms with van der Waals surface area (Å²) in [5, 5.41) is 14.2. The molecule has 10 heteroatoms. The van der Waals surface area contributed by atoms with Crippen molar-refractivity contribution in [3.63, 3.8) is 0 Å². The maximum atomic E-state index is 10.8. The molecule has 1 fully saturated rings. The summed E-state index contributed by atoms with van der Waals surface area (Å²) in [4.78, 5) is 22.0. The number of nitro groups is 1. The fraction of sp³-hybridized carbons (Fsp3) is 0.556. The predicted molar refractivity (Wildman–Crippen MR) is 107 cm³/mol. The first-order valence-electron chi connectivity index (χ1n) is 9.06. The van der Waals surface area contributed by atoms with Gasteiger partial charge in [-0.2, -0.15) is 0 Å². The van der Waals surface area contributed by atoms with Crippen LogP contribution in [0.5, 0.6) is 0 Å². The number of methoxy groups -OCH3 is 1. The number of aliphatic imine (C=N–C) groups is 1.